The Bertz CT molecular complexity index is 1120. The van der Waals surface area contributed by atoms with Gasteiger partial charge in [-0.25, -0.2) is 0 Å². The van der Waals surface area contributed by atoms with Crippen LogP contribution in [0.2, 0.25) is 0 Å². The van der Waals surface area contributed by atoms with Crippen LogP contribution < -0.4 is 15.0 Å². The number of anilines is 1. The van der Waals surface area contributed by atoms with E-state index in [0.717, 1.165) is 35.1 Å². The van der Waals surface area contributed by atoms with Crippen molar-refractivity contribution in [3.63, 3.8) is 0 Å². The summed E-state index contributed by atoms with van der Waals surface area (Å²) in [6, 6.07) is 19.6. The predicted octanol–water partition coefficient (Wildman–Crippen LogP) is 6.50. The maximum atomic E-state index is 6.21. The molecule has 5 nitrogen and oxygen atoms in total. The smallest absolute Gasteiger partial charge is 0.174 e. The predicted molar refractivity (Wildman–Crippen MR) is 139 cm³/mol. The highest BCUT2D eigenvalue weighted by Gasteiger charge is 2.42. The average Bonchev–Trinajstić information content (AvgIpc) is 3.66. The fourth-order valence-corrected chi connectivity index (χ4v) is 6.34. The van der Waals surface area contributed by atoms with Crippen LogP contribution in [0.15, 0.2) is 67.0 Å². The first kappa shape index (κ1) is 21.7. The minimum atomic E-state index is -0.0156. The van der Waals surface area contributed by atoms with Gasteiger partial charge in [0.05, 0.1) is 17.8 Å². The molecule has 6 heteroatoms. The monoisotopic (exact) mass is 472 g/mol. The van der Waals surface area contributed by atoms with E-state index in [4.69, 9.17) is 21.9 Å². The van der Waals surface area contributed by atoms with E-state index in [9.17, 15) is 0 Å². The zero-order valence-corrected chi connectivity index (χ0v) is 20.3. The van der Waals surface area contributed by atoms with Gasteiger partial charge >= 0.3 is 0 Å². The number of hydrogen-bond acceptors (Lipinski definition) is 3. The number of benzene rings is 1. The van der Waals surface area contributed by atoms with Gasteiger partial charge in [0.1, 0.15) is 11.8 Å². The number of aromatic nitrogens is 2. The van der Waals surface area contributed by atoms with E-state index < -0.39 is 0 Å². The van der Waals surface area contributed by atoms with E-state index in [1.54, 1.807) is 0 Å². The molecule has 0 unspecified atom stereocenters. The van der Waals surface area contributed by atoms with Crippen molar-refractivity contribution in [2.24, 2.45) is 0 Å². The quantitative estimate of drug-likeness (QED) is 0.415. The topological polar surface area (TPSA) is 42.3 Å². The lowest BCUT2D eigenvalue weighted by molar-refractivity contribution is 0.210. The van der Waals surface area contributed by atoms with Gasteiger partial charge in [-0.15, -0.1) is 0 Å². The largest absolute Gasteiger partial charge is 0.490 e. The van der Waals surface area contributed by atoms with Crippen LogP contribution in [0.3, 0.4) is 0 Å². The number of ether oxygens (including phenoxy) is 1. The number of thiocarbonyl (C=S) groups is 1. The van der Waals surface area contributed by atoms with E-state index in [2.05, 4.69) is 69.5 Å². The lowest BCUT2D eigenvalue weighted by Gasteiger charge is -2.30. The Balaban J connectivity index is 1.36. The van der Waals surface area contributed by atoms with Crippen LogP contribution in [0.25, 0.3) is 0 Å². The number of nitrogens with zero attached hydrogens (tertiary/aromatic N) is 3. The van der Waals surface area contributed by atoms with E-state index in [1.165, 1.54) is 44.2 Å². The summed E-state index contributed by atoms with van der Waals surface area (Å²) >= 11 is 5.92. The third-order valence-corrected chi connectivity index (χ3v) is 7.97. The van der Waals surface area contributed by atoms with Gasteiger partial charge in [-0.3, -0.25) is 4.98 Å². The Hall–Kier alpha value is -2.86. The van der Waals surface area contributed by atoms with Crippen molar-refractivity contribution in [1.29, 1.82) is 0 Å². The van der Waals surface area contributed by atoms with E-state index in [0.29, 0.717) is 12.1 Å². The molecule has 1 aliphatic heterocycles. The molecule has 0 spiro atoms. The molecule has 176 valence electrons. The van der Waals surface area contributed by atoms with Crippen LogP contribution in [0.5, 0.6) is 5.75 Å². The summed E-state index contributed by atoms with van der Waals surface area (Å²) in [5, 5.41) is 4.34. The highest BCUT2D eigenvalue weighted by atomic mass is 32.1. The lowest BCUT2D eigenvalue weighted by atomic mass is 10.00. The second-order valence-electron chi connectivity index (χ2n) is 9.79. The Labute approximate surface area is 207 Å². The minimum absolute atomic E-state index is 0.0156. The van der Waals surface area contributed by atoms with Crippen molar-refractivity contribution >= 4 is 23.0 Å². The highest BCUT2D eigenvalue weighted by molar-refractivity contribution is 7.80. The molecule has 1 saturated heterocycles. The molecule has 1 aromatic carbocycles. The third-order valence-electron chi connectivity index (χ3n) is 7.65. The molecule has 3 heterocycles. The van der Waals surface area contributed by atoms with Crippen molar-refractivity contribution in [3.8, 4) is 5.75 Å². The summed E-state index contributed by atoms with van der Waals surface area (Å²) in [6.07, 6.45) is 14.4. The number of pyridine rings is 1. The molecule has 2 aromatic heterocycles. The Morgan fingerprint density at radius 2 is 1.65 bits per heavy atom. The normalized spacial score (nSPS) is 23.5. The van der Waals surface area contributed by atoms with E-state index in [1.807, 2.05) is 12.3 Å². The van der Waals surface area contributed by atoms with Gasteiger partial charge in [0, 0.05) is 29.8 Å². The Morgan fingerprint density at radius 3 is 2.38 bits per heavy atom. The van der Waals surface area contributed by atoms with Gasteiger partial charge in [-0.05, 0) is 99.3 Å². The summed E-state index contributed by atoms with van der Waals surface area (Å²) < 4.78 is 8.71. The molecule has 2 aliphatic carbocycles. The fourth-order valence-electron chi connectivity index (χ4n) is 5.99. The van der Waals surface area contributed by atoms with Gasteiger partial charge in [0.25, 0.3) is 0 Å². The van der Waals surface area contributed by atoms with Crippen LogP contribution >= 0.6 is 12.2 Å². The molecule has 3 aliphatic rings. The second kappa shape index (κ2) is 9.41. The highest BCUT2D eigenvalue weighted by Crippen LogP contribution is 2.44. The van der Waals surface area contributed by atoms with Crippen LogP contribution in [0, 0.1) is 0 Å². The standard InChI is InChI=1S/C28H32N4OS/c34-28-30-26(24-12-5-6-18-29-24)27(25-13-7-19-31(25)20-8-1-2-9-20)32(28)21-14-16-23(17-15-21)33-22-10-3-4-11-22/h5-7,12-20,22,26-27H,1-4,8-11H2,(H,30,34)/t26-,27+/m0/s1. The molecule has 6 rings (SSSR count). The van der Waals surface area contributed by atoms with Crippen molar-refractivity contribution in [2.45, 2.75) is 75.6 Å². The Kier molecular flexibility index (Phi) is 6.00. The van der Waals surface area contributed by atoms with Gasteiger partial charge in [-0.2, -0.15) is 0 Å². The first-order valence-electron chi connectivity index (χ1n) is 12.7. The van der Waals surface area contributed by atoms with Gasteiger partial charge in [-0.1, -0.05) is 18.9 Å². The first-order chi connectivity index (χ1) is 16.8. The fraction of sp³-hybridized carbons (Fsp3) is 0.429. The molecular formula is C28H32N4OS. The number of nitrogens with one attached hydrogen (secondary N) is 1. The molecule has 0 amide bonds. The lowest BCUT2D eigenvalue weighted by Crippen LogP contribution is -2.30. The SMILES string of the molecule is S=C1N[C@@H](c2ccccn2)[C@@H](c2cccn2C2CCCC2)N1c1ccc(OC2CCCC2)cc1. The van der Waals surface area contributed by atoms with Crippen molar-refractivity contribution in [2.75, 3.05) is 4.90 Å². The summed E-state index contributed by atoms with van der Waals surface area (Å²) in [6.45, 7) is 0. The number of rotatable bonds is 6. The average molecular weight is 473 g/mol. The van der Waals surface area contributed by atoms with E-state index in [-0.39, 0.29) is 12.1 Å². The summed E-state index contributed by atoms with van der Waals surface area (Å²) in [4.78, 5) is 6.98. The molecule has 34 heavy (non-hydrogen) atoms. The zero-order chi connectivity index (χ0) is 22.9. The summed E-state index contributed by atoms with van der Waals surface area (Å²) in [5.74, 6) is 0.945. The van der Waals surface area contributed by atoms with Crippen LogP contribution in [0.4, 0.5) is 5.69 Å². The molecule has 2 atom stereocenters. The van der Waals surface area contributed by atoms with Gasteiger partial charge < -0.3 is 19.5 Å². The van der Waals surface area contributed by atoms with Crippen molar-refractivity contribution < 1.29 is 4.74 Å². The molecule has 0 bridgehead atoms. The van der Waals surface area contributed by atoms with Gasteiger partial charge in [0.15, 0.2) is 5.11 Å². The molecule has 3 aromatic rings. The molecule has 2 saturated carbocycles. The van der Waals surface area contributed by atoms with Crippen LogP contribution in [-0.4, -0.2) is 20.8 Å². The summed E-state index contributed by atoms with van der Waals surface area (Å²) in [5.41, 5.74) is 3.39. The van der Waals surface area contributed by atoms with E-state index >= 15 is 0 Å². The van der Waals surface area contributed by atoms with Gasteiger partial charge in [0.2, 0.25) is 0 Å². The first-order valence-corrected chi connectivity index (χ1v) is 13.1. The molecule has 1 N–H and O–H groups in total. The molecule has 3 fully saturated rings. The van der Waals surface area contributed by atoms with Crippen LogP contribution in [-0.2, 0) is 0 Å². The molecule has 0 radical (unpaired) electrons. The maximum Gasteiger partial charge on any atom is 0.174 e. The van der Waals surface area contributed by atoms with Crippen molar-refractivity contribution in [3.05, 3.63) is 78.4 Å². The summed E-state index contributed by atoms with van der Waals surface area (Å²) in [7, 11) is 0. The molecular weight excluding hydrogens is 440 g/mol. The maximum absolute atomic E-state index is 6.21. The van der Waals surface area contributed by atoms with Crippen LogP contribution in [0.1, 0.15) is 80.9 Å². The number of hydrogen-bond donors (Lipinski definition) is 1. The minimum Gasteiger partial charge on any atom is -0.490 e. The Morgan fingerprint density at radius 1 is 0.882 bits per heavy atom. The third kappa shape index (κ3) is 4.09. The second-order valence-corrected chi connectivity index (χ2v) is 10.2. The zero-order valence-electron chi connectivity index (χ0n) is 19.5. The van der Waals surface area contributed by atoms with Crippen molar-refractivity contribution in [1.82, 2.24) is 14.9 Å².